The SMILES string of the molecule is CCNc1ncc(S(=O)(=O)N2CCCCCC2)cn1. The Labute approximate surface area is 114 Å². The molecule has 0 bridgehead atoms. The molecule has 1 fully saturated rings. The van der Waals surface area contributed by atoms with E-state index < -0.39 is 10.0 Å². The van der Waals surface area contributed by atoms with E-state index in [9.17, 15) is 8.42 Å². The number of aromatic nitrogens is 2. The van der Waals surface area contributed by atoms with Gasteiger partial charge in [-0.1, -0.05) is 12.8 Å². The van der Waals surface area contributed by atoms with Crippen LogP contribution >= 0.6 is 0 Å². The number of hydrogen-bond donors (Lipinski definition) is 1. The lowest BCUT2D eigenvalue weighted by Gasteiger charge is -2.19. The zero-order valence-corrected chi connectivity index (χ0v) is 12.0. The number of anilines is 1. The second kappa shape index (κ2) is 6.29. The summed E-state index contributed by atoms with van der Waals surface area (Å²) in [4.78, 5) is 8.23. The maximum Gasteiger partial charge on any atom is 0.246 e. The van der Waals surface area contributed by atoms with Gasteiger partial charge in [0.1, 0.15) is 4.90 Å². The summed E-state index contributed by atoms with van der Waals surface area (Å²) in [7, 11) is -3.44. The van der Waals surface area contributed by atoms with Gasteiger partial charge in [0.15, 0.2) is 0 Å². The van der Waals surface area contributed by atoms with Crippen molar-refractivity contribution in [1.29, 1.82) is 0 Å². The van der Waals surface area contributed by atoms with Crippen LogP contribution in [0, 0.1) is 0 Å². The van der Waals surface area contributed by atoms with Crippen LogP contribution in [0.1, 0.15) is 32.6 Å². The van der Waals surface area contributed by atoms with Gasteiger partial charge in [-0.2, -0.15) is 4.31 Å². The molecule has 1 aromatic heterocycles. The van der Waals surface area contributed by atoms with Crippen molar-refractivity contribution in [2.24, 2.45) is 0 Å². The number of hydrogen-bond acceptors (Lipinski definition) is 5. The molecule has 7 heteroatoms. The van der Waals surface area contributed by atoms with Gasteiger partial charge in [0.25, 0.3) is 0 Å². The molecule has 0 amide bonds. The lowest BCUT2D eigenvalue weighted by molar-refractivity contribution is 0.423. The Kier molecular flexibility index (Phi) is 4.71. The maximum atomic E-state index is 12.4. The molecule has 0 aliphatic carbocycles. The Morgan fingerprint density at radius 2 is 1.74 bits per heavy atom. The summed E-state index contributed by atoms with van der Waals surface area (Å²) in [6, 6.07) is 0. The minimum absolute atomic E-state index is 0.177. The summed E-state index contributed by atoms with van der Waals surface area (Å²) in [6.07, 6.45) is 6.81. The number of sulfonamides is 1. The van der Waals surface area contributed by atoms with E-state index in [0.29, 0.717) is 25.6 Å². The third-order valence-electron chi connectivity index (χ3n) is 3.17. The second-order valence-corrected chi connectivity index (χ2v) is 6.53. The van der Waals surface area contributed by atoms with Gasteiger partial charge in [-0.25, -0.2) is 18.4 Å². The Morgan fingerprint density at radius 1 is 1.16 bits per heavy atom. The Morgan fingerprint density at radius 3 is 2.26 bits per heavy atom. The van der Waals surface area contributed by atoms with E-state index in [2.05, 4.69) is 15.3 Å². The molecule has 106 valence electrons. The van der Waals surface area contributed by atoms with E-state index in [0.717, 1.165) is 25.7 Å². The first kappa shape index (κ1) is 14.2. The molecule has 1 saturated heterocycles. The van der Waals surface area contributed by atoms with Crippen molar-refractivity contribution >= 4 is 16.0 Å². The average Bonchev–Trinajstić information content (AvgIpc) is 2.69. The molecule has 1 N–H and O–H groups in total. The van der Waals surface area contributed by atoms with Crippen LogP contribution < -0.4 is 5.32 Å². The van der Waals surface area contributed by atoms with E-state index in [-0.39, 0.29) is 4.90 Å². The van der Waals surface area contributed by atoms with Crippen LogP contribution in [0.25, 0.3) is 0 Å². The second-order valence-electron chi connectivity index (χ2n) is 4.59. The fourth-order valence-electron chi connectivity index (χ4n) is 2.13. The van der Waals surface area contributed by atoms with Gasteiger partial charge in [-0.05, 0) is 19.8 Å². The van der Waals surface area contributed by atoms with Crippen LogP contribution in [0.4, 0.5) is 5.95 Å². The monoisotopic (exact) mass is 284 g/mol. The summed E-state index contributed by atoms with van der Waals surface area (Å²) < 4.78 is 26.4. The molecule has 1 aliphatic rings. The molecule has 2 rings (SSSR count). The van der Waals surface area contributed by atoms with Crippen LogP contribution in [0.3, 0.4) is 0 Å². The highest BCUT2D eigenvalue weighted by atomic mass is 32.2. The lowest BCUT2D eigenvalue weighted by Crippen LogP contribution is -2.32. The summed E-state index contributed by atoms with van der Waals surface area (Å²) in [6.45, 7) is 3.83. The Balaban J connectivity index is 2.18. The quantitative estimate of drug-likeness (QED) is 0.906. The topological polar surface area (TPSA) is 75.2 Å². The van der Waals surface area contributed by atoms with E-state index in [1.165, 1.54) is 12.4 Å². The lowest BCUT2D eigenvalue weighted by atomic mass is 10.2. The van der Waals surface area contributed by atoms with Crippen LogP contribution in [0.2, 0.25) is 0 Å². The van der Waals surface area contributed by atoms with Crippen LogP contribution in [-0.2, 0) is 10.0 Å². The van der Waals surface area contributed by atoms with Crippen LogP contribution in [-0.4, -0.2) is 42.3 Å². The summed E-state index contributed by atoms with van der Waals surface area (Å²) >= 11 is 0. The minimum atomic E-state index is -3.44. The number of rotatable bonds is 4. The summed E-state index contributed by atoms with van der Waals surface area (Å²) in [5.74, 6) is 0.456. The van der Waals surface area contributed by atoms with Crippen LogP contribution in [0.5, 0.6) is 0 Å². The fourth-order valence-corrected chi connectivity index (χ4v) is 3.54. The molecule has 0 aromatic carbocycles. The van der Waals surface area contributed by atoms with Gasteiger partial charge < -0.3 is 5.32 Å². The molecule has 0 atom stereocenters. The van der Waals surface area contributed by atoms with Crippen molar-refractivity contribution in [2.45, 2.75) is 37.5 Å². The number of nitrogens with zero attached hydrogens (tertiary/aromatic N) is 3. The Bertz CT molecular complexity index is 493. The zero-order valence-electron chi connectivity index (χ0n) is 11.2. The molecular weight excluding hydrogens is 264 g/mol. The fraction of sp³-hybridized carbons (Fsp3) is 0.667. The first-order chi connectivity index (χ1) is 9.14. The summed E-state index contributed by atoms with van der Waals surface area (Å²) in [5, 5.41) is 2.95. The molecule has 1 aromatic rings. The molecule has 0 unspecified atom stereocenters. The summed E-state index contributed by atoms with van der Waals surface area (Å²) in [5.41, 5.74) is 0. The third-order valence-corrected chi connectivity index (χ3v) is 5.02. The molecule has 0 radical (unpaired) electrons. The molecule has 0 saturated carbocycles. The third kappa shape index (κ3) is 3.42. The van der Waals surface area contributed by atoms with Gasteiger partial charge in [0.05, 0.1) is 12.4 Å². The zero-order chi connectivity index (χ0) is 13.7. The first-order valence-corrected chi connectivity index (χ1v) is 8.14. The van der Waals surface area contributed by atoms with Crippen molar-refractivity contribution in [3.05, 3.63) is 12.4 Å². The normalized spacial score (nSPS) is 17.9. The minimum Gasteiger partial charge on any atom is -0.355 e. The highest BCUT2D eigenvalue weighted by Crippen LogP contribution is 2.19. The molecule has 0 spiro atoms. The van der Waals surface area contributed by atoms with E-state index >= 15 is 0 Å². The predicted octanol–water partition coefficient (Wildman–Crippen LogP) is 1.47. The highest BCUT2D eigenvalue weighted by Gasteiger charge is 2.25. The molecule has 19 heavy (non-hydrogen) atoms. The smallest absolute Gasteiger partial charge is 0.246 e. The number of nitrogens with one attached hydrogen (secondary N) is 1. The van der Waals surface area contributed by atoms with Crippen molar-refractivity contribution in [3.8, 4) is 0 Å². The molecule has 6 nitrogen and oxygen atoms in total. The van der Waals surface area contributed by atoms with Gasteiger partial charge in [-0.15, -0.1) is 0 Å². The van der Waals surface area contributed by atoms with Crippen molar-refractivity contribution in [1.82, 2.24) is 14.3 Å². The molecule has 1 aliphatic heterocycles. The largest absolute Gasteiger partial charge is 0.355 e. The van der Waals surface area contributed by atoms with Crippen molar-refractivity contribution in [2.75, 3.05) is 25.0 Å². The first-order valence-electron chi connectivity index (χ1n) is 6.70. The van der Waals surface area contributed by atoms with E-state index in [1.54, 1.807) is 4.31 Å². The van der Waals surface area contributed by atoms with Gasteiger partial charge in [-0.3, -0.25) is 0 Å². The van der Waals surface area contributed by atoms with Crippen molar-refractivity contribution < 1.29 is 8.42 Å². The van der Waals surface area contributed by atoms with Crippen molar-refractivity contribution in [3.63, 3.8) is 0 Å². The average molecular weight is 284 g/mol. The maximum absolute atomic E-state index is 12.4. The standard InChI is InChI=1S/C12H20N4O2S/c1-2-13-12-14-9-11(10-15-12)19(17,18)16-7-5-3-4-6-8-16/h9-10H,2-8H2,1H3,(H,13,14,15). The Hall–Kier alpha value is -1.21. The predicted molar refractivity (Wildman–Crippen MR) is 73.4 cm³/mol. The van der Waals surface area contributed by atoms with E-state index in [1.807, 2.05) is 6.92 Å². The van der Waals surface area contributed by atoms with E-state index in [4.69, 9.17) is 0 Å². The van der Waals surface area contributed by atoms with Gasteiger partial charge in [0, 0.05) is 19.6 Å². The van der Waals surface area contributed by atoms with Gasteiger partial charge >= 0.3 is 0 Å². The molecule has 2 heterocycles. The molecular formula is C12H20N4O2S. The van der Waals surface area contributed by atoms with Gasteiger partial charge in [0.2, 0.25) is 16.0 Å². The highest BCUT2D eigenvalue weighted by molar-refractivity contribution is 7.89. The van der Waals surface area contributed by atoms with Crippen LogP contribution in [0.15, 0.2) is 17.3 Å².